The van der Waals surface area contributed by atoms with Gasteiger partial charge in [0, 0.05) is 18.5 Å². The maximum absolute atomic E-state index is 12.6. The van der Waals surface area contributed by atoms with E-state index in [1.54, 1.807) is 35.4 Å². The highest BCUT2D eigenvalue weighted by Gasteiger charge is 2.38. The molecule has 1 unspecified atom stereocenters. The van der Waals surface area contributed by atoms with Crippen molar-refractivity contribution < 1.29 is 9.53 Å². The van der Waals surface area contributed by atoms with E-state index in [2.05, 4.69) is 10.5 Å². The monoisotopic (exact) mass is 315 g/mol. The van der Waals surface area contributed by atoms with Crippen molar-refractivity contribution in [2.24, 2.45) is 5.10 Å². The molecule has 0 aromatic heterocycles. The topological polar surface area (TPSA) is 81.0 Å². The van der Waals surface area contributed by atoms with E-state index in [-0.39, 0.29) is 11.7 Å². The van der Waals surface area contributed by atoms with Crippen LogP contribution >= 0.6 is 11.8 Å². The normalized spacial score (nSPS) is 19.4. The Labute approximate surface area is 131 Å². The average Bonchev–Trinajstić information content (AvgIpc) is 2.97. The first-order valence-corrected chi connectivity index (χ1v) is 7.50. The van der Waals surface area contributed by atoms with E-state index in [4.69, 9.17) is 10.00 Å². The quantitative estimate of drug-likeness (QED) is 0.905. The number of hydrogen-bond acceptors (Lipinski definition) is 7. The molecule has 0 spiro atoms. The number of carbonyl (C=O) groups excluding carboxylic acids is 1. The molecule has 0 radical (unpaired) electrons. The van der Waals surface area contributed by atoms with Gasteiger partial charge in [-0.05, 0) is 12.1 Å². The van der Waals surface area contributed by atoms with Gasteiger partial charge in [0.1, 0.15) is 5.75 Å². The van der Waals surface area contributed by atoms with Crippen molar-refractivity contribution in [3.05, 3.63) is 36.7 Å². The van der Waals surface area contributed by atoms with Crippen LogP contribution in [0.4, 0.5) is 5.69 Å². The second kappa shape index (κ2) is 5.99. The fourth-order valence-corrected chi connectivity index (χ4v) is 2.82. The van der Waals surface area contributed by atoms with Gasteiger partial charge < -0.3 is 4.74 Å². The average molecular weight is 315 g/mol. The molecule has 0 saturated carbocycles. The highest BCUT2D eigenvalue weighted by molar-refractivity contribution is 8.14. The Morgan fingerprint density at radius 1 is 1.50 bits per heavy atom. The van der Waals surface area contributed by atoms with Crippen LogP contribution in [0.2, 0.25) is 0 Å². The van der Waals surface area contributed by atoms with Gasteiger partial charge in [-0.1, -0.05) is 17.8 Å². The minimum absolute atomic E-state index is 0.146. The van der Waals surface area contributed by atoms with E-state index in [1.807, 2.05) is 24.3 Å². The van der Waals surface area contributed by atoms with Crippen LogP contribution < -0.4 is 15.1 Å². The van der Waals surface area contributed by atoms with E-state index < -0.39 is 6.17 Å². The molecular formula is C14H13N5O2S. The molecule has 2 heterocycles. The summed E-state index contributed by atoms with van der Waals surface area (Å²) in [5.74, 6) is 0.819. The highest BCUT2D eigenvalue weighted by atomic mass is 32.2. The first-order chi connectivity index (χ1) is 10.7. The SMILES string of the molecule is COc1cccc(N2C=CN3C(SCC#N)=NNC3C2=O)c1. The Bertz CT molecular complexity index is 697. The van der Waals surface area contributed by atoms with Gasteiger partial charge in [-0.3, -0.25) is 20.0 Å². The number of nitrogens with zero attached hydrogens (tertiary/aromatic N) is 4. The number of carbonyl (C=O) groups is 1. The molecule has 1 atom stereocenters. The van der Waals surface area contributed by atoms with Gasteiger partial charge in [0.15, 0.2) is 5.17 Å². The Morgan fingerprint density at radius 2 is 2.36 bits per heavy atom. The van der Waals surface area contributed by atoms with Crippen molar-refractivity contribution >= 4 is 28.5 Å². The summed E-state index contributed by atoms with van der Waals surface area (Å²) in [6, 6.07) is 9.32. The van der Waals surface area contributed by atoms with E-state index >= 15 is 0 Å². The molecule has 0 fully saturated rings. The number of methoxy groups -OCH3 is 1. The van der Waals surface area contributed by atoms with Crippen molar-refractivity contribution in [1.82, 2.24) is 10.3 Å². The van der Waals surface area contributed by atoms with E-state index in [1.165, 1.54) is 11.8 Å². The molecule has 1 aromatic carbocycles. The first-order valence-electron chi connectivity index (χ1n) is 6.51. The number of ether oxygens (including phenoxy) is 1. The largest absolute Gasteiger partial charge is 0.497 e. The van der Waals surface area contributed by atoms with Crippen LogP contribution in [0.15, 0.2) is 41.8 Å². The highest BCUT2D eigenvalue weighted by Crippen LogP contribution is 2.27. The summed E-state index contributed by atoms with van der Waals surface area (Å²) in [5.41, 5.74) is 3.53. The number of hydrazone groups is 1. The predicted octanol–water partition coefficient (Wildman–Crippen LogP) is 1.27. The first kappa shape index (κ1) is 14.3. The van der Waals surface area contributed by atoms with Crippen molar-refractivity contribution in [3.63, 3.8) is 0 Å². The van der Waals surface area contributed by atoms with E-state index in [0.717, 1.165) is 5.69 Å². The molecule has 3 rings (SSSR count). The van der Waals surface area contributed by atoms with Crippen molar-refractivity contribution in [2.75, 3.05) is 17.8 Å². The van der Waals surface area contributed by atoms with Crippen molar-refractivity contribution in [3.8, 4) is 11.8 Å². The standard InChI is InChI=1S/C14H13N5O2S/c1-21-11-4-2-3-10(9-11)18-6-7-19-12(13(18)20)16-17-14(19)22-8-5-15/h2-4,6-7,9,12,16H,8H2,1H3. The lowest BCUT2D eigenvalue weighted by Crippen LogP contribution is -2.52. The molecule has 1 amide bonds. The van der Waals surface area contributed by atoms with Gasteiger partial charge in [0.2, 0.25) is 6.17 Å². The van der Waals surface area contributed by atoms with Gasteiger partial charge >= 0.3 is 0 Å². The number of amidine groups is 1. The molecule has 1 aromatic rings. The van der Waals surface area contributed by atoms with E-state index in [0.29, 0.717) is 10.9 Å². The van der Waals surface area contributed by atoms with Gasteiger partial charge in [-0.25, -0.2) is 0 Å². The van der Waals surface area contributed by atoms with Crippen molar-refractivity contribution in [1.29, 1.82) is 5.26 Å². The second-order valence-corrected chi connectivity index (χ2v) is 5.43. The Kier molecular flexibility index (Phi) is 3.89. The summed E-state index contributed by atoms with van der Waals surface area (Å²) in [5, 5.41) is 13.4. The Balaban J connectivity index is 1.82. The summed E-state index contributed by atoms with van der Waals surface area (Å²) < 4.78 is 5.18. The third kappa shape index (κ3) is 2.46. The molecule has 0 aliphatic carbocycles. The minimum atomic E-state index is -0.586. The second-order valence-electron chi connectivity index (χ2n) is 4.49. The predicted molar refractivity (Wildman–Crippen MR) is 83.9 cm³/mol. The van der Waals surface area contributed by atoms with Crippen LogP contribution in [0.1, 0.15) is 0 Å². The number of fused-ring (bicyclic) bond motifs is 1. The summed E-state index contributed by atoms with van der Waals surface area (Å²) in [6.07, 6.45) is 2.87. The fraction of sp³-hybridized carbons (Fsp3) is 0.214. The van der Waals surface area contributed by atoms with Gasteiger partial charge in [-0.2, -0.15) is 10.4 Å². The number of amides is 1. The van der Waals surface area contributed by atoms with Gasteiger partial charge in [0.25, 0.3) is 5.91 Å². The van der Waals surface area contributed by atoms with Gasteiger partial charge in [-0.15, -0.1) is 0 Å². The Hall–Kier alpha value is -2.66. The third-order valence-corrected chi connectivity index (χ3v) is 4.06. The van der Waals surface area contributed by atoms with E-state index in [9.17, 15) is 4.79 Å². The molecule has 22 heavy (non-hydrogen) atoms. The maximum atomic E-state index is 12.6. The van der Waals surface area contributed by atoms with Crippen LogP contribution in [0.5, 0.6) is 5.75 Å². The lowest BCUT2D eigenvalue weighted by molar-refractivity contribution is -0.122. The number of nitriles is 1. The molecule has 1 N–H and O–H groups in total. The summed E-state index contributed by atoms with van der Waals surface area (Å²) in [6.45, 7) is 0. The fourth-order valence-electron chi connectivity index (χ4n) is 2.19. The molecule has 0 saturated heterocycles. The van der Waals surface area contributed by atoms with Crippen LogP contribution in [0, 0.1) is 11.3 Å². The van der Waals surface area contributed by atoms with Gasteiger partial charge in [0.05, 0.1) is 24.6 Å². The summed E-state index contributed by atoms with van der Waals surface area (Å²) >= 11 is 1.29. The maximum Gasteiger partial charge on any atom is 0.276 e. The number of benzene rings is 1. The number of anilines is 1. The number of rotatable bonds is 3. The Morgan fingerprint density at radius 3 is 3.14 bits per heavy atom. The lowest BCUT2D eigenvalue weighted by atomic mass is 10.2. The third-order valence-electron chi connectivity index (χ3n) is 3.23. The molecule has 7 nitrogen and oxygen atoms in total. The van der Waals surface area contributed by atoms with Crippen LogP contribution in [0.3, 0.4) is 0 Å². The van der Waals surface area contributed by atoms with Crippen molar-refractivity contribution in [2.45, 2.75) is 6.17 Å². The molecule has 0 bridgehead atoms. The number of hydrogen-bond donors (Lipinski definition) is 1. The number of nitrogens with one attached hydrogen (secondary N) is 1. The summed E-state index contributed by atoms with van der Waals surface area (Å²) in [4.78, 5) is 15.9. The molecular weight excluding hydrogens is 302 g/mol. The lowest BCUT2D eigenvalue weighted by Gasteiger charge is -2.31. The molecule has 112 valence electrons. The summed E-state index contributed by atoms with van der Waals surface area (Å²) in [7, 11) is 1.58. The van der Waals surface area contributed by atoms with Crippen LogP contribution in [0.25, 0.3) is 0 Å². The van der Waals surface area contributed by atoms with Crippen LogP contribution in [-0.4, -0.2) is 35.0 Å². The zero-order chi connectivity index (χ0) is 15.5. The molecule has 2 aliphatic heterocycles. The minimum Gasteiger partial charge on any atom is -0.497 e. The molecule has 2 aliphatic rings. The van der Waals surface area contributed by atoms with Crippen LogP contribution in [-0.2, 0) is 4.79 Å². The zero-order valence-electron chi connectivity index (χ0n) is 11.8. The number of thioether (sulfide) groups is 1. The smallest absolute Gasteiger partial charge is 0.276 e. The molecule has 8 heteroatoms. The zero-order valence-corrected chi connectivity index (χ0v) is 12.6.